The summed E-state index contributed by atoms with van der Waals surface area (Å²) in [5, 5.41) is 0.593. The third-order valence-corrected chi connectivity index (χ3v) is 5.37. The molecule has 0 unspecified atom stereocenters. The minimum atomic E-state index is -0.361. The lowest BCUT2D eigenvalue weighted by Crippen LogP contribution is -2.23. The molecule has 0 atom stereocenters. The van der Waals surface area contributed by atoms with Crippen molar-refractivity contribution < 1.29 is 14.3 Å². The van der Waals surface area contributed by atoms with Gasteiger partial charge in [0.25, 0.3) is 5.91 Å². The molecule has 1 aliphatic heterocycles. The number of ether oxygens (including phenoxy) is 1. The Morgan fingerprint density at radius 2 is 1.79 bits per heavy atom. The molecule has 3 rings (SSSR count). The summed E-state index contributed by atoms with van der Waals surface area (Å²) in [6.45, 7) is 2.10. The van der Waals surface area contributed by atoms with E-state index in [1.807, 2.05) is 49.3 Å². The Morgan fingerprint density at radius 1 is 1.14 bits per heavy atom. The van der Waals surface area contributed by atoms with Gasteiger partial charge in [-0.25, -0.2) is 9.79 Å². The first-order valence-electron chi connectivity index (χ1n) is 9.20. The van der Waals surface area contributed by atoms with Crippen LogP contribution < -0.4 is 4.90 Å². The molecular formula is C22H23N3O3S. The van der Waals surface area contributed by atoms with E-state index in [4.69, 9.17) is 4.74 Å². The smallest absolute Gasteiger partial charge is 0.338 e. The number of amides is 1. The van der Waals surface area contributed by atoms with Gasteiger partial charge in [-0.2, -0.15) is 0 Å². The standard InChI is InChI=1S/C22H23N3O3S/c1-5-28-21(27)16-8-10-17(11-9-16)23-22-25(4)20(26)19(29-22)14-15-6-12-18(13-7-15)24(2)3/h6-14H,5H2,1-4H3. The molecule has 0 radical (unpaired) electrons. The number of carbonyl (C=O) groups excluding carboxylic acids is 2. The number of nitrogens with zero attached hydrogens (tertiary/aromatic N) is 3. The van der Waals surface area contributed by atoms with Crippen LogP contribution in [0.25, 0.3) is 6.08 Å². The van der Waals surface area contributed by atoms with Gasteiger partial charge in [-0.3, -0.25) is 9.69 Å². The predicted molar refractivity (Wildman–Crippen MR) is 119 cm³/mol. The number of esters is 1. The fourth-order valence-corrected chi connectivity index (χ4v) is 3.66. The van der Waals surface area contributed by atoms with Crippen molar-refractivity contribution in [2.45, 2.75) is 6.92 Å². The second-order valence-corrected chi connectivity index (χ2v) is 7.63. The number of thioether (sulfide) groups is 1. The van der Waals surface area contributed by atoms with E-state index in [1.165, 1.54) is 16.7 Å². The number of benzene rings is 2. The van der Waals surface area contributed by atoms with E-state index in [9.17, 15) is 9.59 Å². The lowest BCUT2D eigenvalue weighted by Gasteiger charge is -2.11. The second kappa shape index (κ2) is 8.96. The molecule has 1 heterocycles. The van der Waals surface area contributed by atoms with E-state index in [-0.39, 0.29) is 11.9 Å². The number of likely N-dealkylation sites (N-methyl/N-ethyl adjacent to an activating group) is 1. The zero-order chi connectivity index (χ0) is 21.0. The van der Waals surface area contributed by atoms with Crippen molar-refractivity contribution in [1.82, 2.24) is 4.90 Å². The number of anilines is 1. The van der Waals surface area contributed by atoms with Gasteiger partial charge in [0, 0.05) is 26.8 Å². The fraction of sp³-hybridized carbons (Fsp3) is 0.227. The average molecular weight is 410 g/mol. The largest absolute Gasteiger partial charge is 0.462 e. The monoisotopic (exact) mass is 409 g/mol. The van der Waals surface area contributed by atoms with Crippen molar-refractivity contribution in [1.29, 1.82) is 0 Å². The van der Waals surface area contributed by atoms with Crippen LogP contribution in [0, 0.1) is 0 Å². The number of carbonyl (C=O) groups is 2. The minimum Gasteiger partial charge on any atom is -0.462 e. The van der Waals surface area contributed by atoms with Crippen LogP contribution in [0.15, 0.2) is 58.4 Å². The molecule has 150 valence electrons. The molecule has 2 aromatic rings. The first kappa shape index (κ1) is 20.7. The zero-order valence-corrected chi connectivity index (χ0v) is 17.7. The topological polar surface area (TPSA) is 62.2 Å². The molecule has 1 amide bonds. The van der Waals surface area contributed by atoms with E-state index < -0.39 is 0 Å². The number of hydrogen-bond acceptors (Lipinski definition) is 6. The van der Waals surface area contributed by atoms with Crippen LogP contribution in [0.5, 0.6) is 0 Å². The summed E-state index contributed by atoms with van der Waals surface area (Å²) < 4.78 is 4.98. The van der Waals surface area contributed by atoms with Gasteiger partial charge in [-0.15, -0.1) is 0 Å². The SMILES string of the molecule is CCOC(=O)c1ccc(N=C2SC(=Cc3ccc(N(C)C)cc3)C(=O)N2C)cc1. The quantitative estimate of drug-likeness (QED) is 0.548. The first-order valence-corrected chi connectivity index (χ1v) is 10.0. The van der Waals surface area contributed by atoms with Crippen molar-refractivity contribution in [3.05, 3.63) is 64.6 Å². The highest BCUT2D eigenvalue weighted by molar-refractivity contribution is 8.18. The maximum Gasteiger partial charge on any atom is 0.338 e. The molecule has 0 N–H and O–H groups in total. The molecule has 1 fully saturated rings. The van der Waals surface area contributed by atoms with Crippen molar-refractivity contribution in [2.75, 3.05) is 32.6 Å². The van der Waals surface area contributed by atoms with Crippen molar-refractivity contribution in [3.8, 4) is 0 Å². The molecule has 1 aliphatic rings. The molecule has 7 heteroatoms. The van der Waals surface area contributed by atoms with Gasteiger partial charge >= 0.3 is 5.97 Å². The summed E-state index contributed by atoms with van der Waals surface area (Å²) in [5.41, 5.74) is 3.20. The Labute approximate surface area is 174 Å². The average Bonchev–Trinajstić information content (AvgIpc) is 2.97. The van der Waals surface area contributed by atoms with Crippen LogP contribution >= 0.6 is 11.8 Å². The normalized spacial score (nSPS) is 16.6. The molecule has 1 saturated heterocycles. The molecular weight excluding hydrogens is 386 g/mol. The van der Waals surface area contributed by atoms with Gasteiger partial charge in [0.2, 0.25) is 0 Å². The maximum atomic E-state index is 12.6. The number of aliphatic imine (C=N–C) groups is 1. The summed E-state index contributed by atoms with van der Waals surface area (Å²) in [5.74, 6) is -0.451. The highest BCUT2D eigenvalue weighted by Crippen LogP contribution is 2.33. The number of rotatable bonds is 5. The molecule has 0 saturated carbocycles. The highest BCUT2D eigenvalue weighted by Gasteiger charge is 2.30. The number of hydrogen-bond donors (Lipinski definition) is 0. The van der Waals surface area contributed by atoms with E-state index in [2.05, 4.69) is 4.99 Å². The molecule has 2 aromatic carbocycles. The summed E-state index contributed by atoms with van der Waals surface area (Å²) in [6, 6.07) is 14.8. The van der Waals surface area contributed by atoms with Crippen LogP contribution in [0.2, 0.25) is 0 Å². The third-order valence-electron chi connectivity index (χ3n) is 4.31. The van der Waals surface area contributed by atoms with Crippen LogP contribution in [0.3, 0.4) is 0 Å². The van der Waals surface area contributed by atoms with E-state index in [0.29, 0.717) is 27.9 Å². The molecule has 6 nitrogen and oxygen atoms in total. The van der Waals surface area contributed by atoms with Crippen LogP contribution in [-0.2, 0) is 9.53 Å². The number of amidine groups is 1. The molecule has 29 heavy (non-hydrogen) atoms. The van der Waals surface area contributed by atoms with Crippen molar-refractivity contribution in [3.63, 3.8) is 0 Å². The van der Waals surface area contributed by atoms with Gasteiger partial charge in [0.05, 0.1) is 22.8 Å². The van der Waals surface area contributed by atoms with E-state index in [0.717, 1.165) is 11.3 Å². The van der Waals surface area contributed by atoms with E-state index >= 15 is 0 Å². The predicted octanol–water partition coefficient (Wildman–Crippen LogP) is 4.16. The lowest BCUT2D eigenvalue weighted by molar-refractivity contribution is -0.121. The summed E-state index contributed by atoms with van der Waals surface area (Å²) >= 11 is 1.33. The molecule has 0 aliphatic carbocycles. The molecule has 0 spiro atoms. The Bertz CT molecular complexity index is 964. The van der Waals surface area contributed by atoms with Gasteiger partial charge in [0.15, 0.2) is 5.17 Å². The van der Waals surface area contributed by atoms with E-state index in [1.54, 1.807) is 38.2 Å². The highest BCUT2D eigenvalue weighted by atomic mass is 32.2. The van der Waals surface area contributed by atoms with Gasteiger partial charge in [-0.1, -0.05) is 12.1 Å². The Morgan fingerprint density at radius 3 is 2.38 bits per heavy atom. The fourth-order valence-electron chi connectivity index (χ4n) is 2.67. The van der Waals surface area contributed by atoms with Gasteiger partial charge in [0.1, 0.15) is 0 Å². The third kappa shape index (κ3) is 4.86. The maximum absolute atomic E-state index is 12.6. The molecule has 0 bridgehead atoms. The Kier molecular flexibility index (Phi) is 6.39. The van der Waals surface area contributed by atoms with Gasteiger partial charge < -0.3 is 9.64 Å². The Balaban J connectivity index is 1.78. The van der Waals surface area contributed by atoms with Crippen molar-refractivity contribution in [2.24, 2.45) is 4.99 Å². The zero-order valence-electron chi connectivity index (χ0n) is 16.9. The van der Waals surface area contributed by atoms with Crippen LogP contribution in [-0.4, -0.2) is 49.7 Å². The minimum absolute atomic E-state index is 0.0893. The first-order chi connectivity index (χ1) is 13.9. The van der Waals surface area contributed by atoms with Gasteiger partial charge in [-0.05, 0) is 66.7 Å². The van der Waals surface area contributed by atoms with Crippen LogP contribution in [0.4, 0.5) is 11.4 Å². The van der Waals surface area contributed by atoms with Crippen LogP contribution in [0.1, 0.15) is 22.8 Å². The summed E-state index contributed by atoms with van der Waals surface area (Å²) in [6.07, 6.45) is 1.87. The lowest BCUT2D eigenvalue weighted by atomic mass is 10.2. The second-order valence-electron chi connectivity index (χ2n) is 6.62. The summed E-state index contributed by atoms with van der Waals surface area (Å²) in [4.78, 5) is 33.1. The summed E-state index contributed by atoms with van der Waals surface area (Å²) in [7, 11) is 5.68. The molecule has 0 aromatic heterocycles. The van der Waals surface area contributed by atoms with Crippen molar-refractivity contribution >= 4 is 46.3 Å². The Hall–Kier alpha value is -3.06.